The molecule has 0 aliphatic rings. The highest BCUT2D eigenvalue weighted by Crippen LogP contribution is 2.17. The second kappa shape index (κ2) is 4.71. The van der Waals surface area contributed by atoms with Crippen LogP contribution in [0, 0.1) is 6.92 Å². The van der Waals surface area contributed by atoms with Crippen LogP contribution in [0.3, 0.4) is 0 Å². The molecule has 4 nitrogen and oxygen atoms in total. The van der Waals surface area contributed by atoms with Crippen LogP contribution < -0.4 is 5.32 Å². The van der Waals surface area contributed by atoms with E-state index in [0.717, 1.165) is 21.7 Å². The monoisotopic (exact) mass is 297 g/mol. The van der Waals surface area contributed by atoms with Crippen molar-refractivity contribution in [3.05, 3.63) is 39.3 Å². The zero-order chi connectivity index (χ0) is 11.5. The summed E-state index contributed by atoms with van der Waals surface area (Å²) in [5, 5.41) is 6.58. The van der Waals surface area contributed by atoms with Crippen molar-refractivity contribution in [1.82, 2.24) is 9.59 Å². The maximum absolute atomic E-state index is 11.8. The molecular weight excluding hydrogens is 290 g/mol. The van der Waals surface area contributed by atoms with Gasteiger partial charge in [0, 0.05) is 10.2 Å². The number of aromatic nitrogens is 2. The van der Waals surface area contributed by atoms with Gasteiger partial charge in [-0.1, -0.05) is 26.5 Å². The Kier molecular flexibility index (Phi) is 3.31. The van der Waals surface area contributed by atoms with Gasteiger partial charge in [-0.2, -0.15) is 0 Å². The maximum Gasteiger partial charge on any atom is 0.269 e. The Morgan fingerprint density at radius 3 is 2.94 bits per heavy atom. The smallest absolute Gasteiger partial charge is 0.269 e. The van der Waals surface area contributed by atoms with Crippen LogP contribution in [0.25, 0.3) is 0 Å². The lowest BCUT2D eigenvalue weighted by atomic mass is 10.3. The Balaban J connectivity index is 2.17. The van der Waals surface area contributed by atoms with E-state index < -0.39 is 0 Å². The van der Waals surface area contributed by atoms with E-state index in [1.165, 1.54) is 0 Å². The first kappa shape index (κ1) is 11.2. The standard InChI is InChI=1S/C10H8BrN3OS/c1-6-9(16-14-13-6)10(15)12-8-4-2-3-7(11)5-8/h2-5H,1H3,(H,12,15). The van der Waals surface area contributed by atoms with Crippen molar-refractivity contribution in [2.75, 3.05) is 5.32 Å². The van der Waals surface area contributed by atoms with Crippen molar-refractivity contribution in [2.24, 2.45) is 0 Å². The fourth-order valence-electron chi connectivity index (χ4n) is 1.19. The summed E-state index contributed by atoms with van der Waals surface area (Å²) in [5.41, 5.74) is 1.39. The van der Waals surface area contributed by atoms with Crippen LogP contribution >= 0.6 is 27.5 Å². The predicted molar refractivity (Wildman–Crippen MR) is 66.7 cm³/mol. The zero-order valence-electron chi connectivity index (χ0n) is 8.40. The Bertz CT molecular complexity index is 526. The molecule has 0 radical (unpaired) electrons. The number of nitrogens with zero attached hydrogens (tertiary/aromatic N) is 2. The molecule has 0 saturated heterocycles. The third-order valence-corrected chi connectivity index (χ3v) is 3.26. The maximum atomic E-state index is 11.8. The Morgan fingerprint density at radius 2 is 2.31 bits per heavy atom. The van der Waals surface area contributed by atoms with Crippen molar-refractivity contribution in [3.63, 3.8) is 0 Å². The molecule has 1 N–H and O–H groups in total. The predicted octanol–water partition coefficient (Wildman–Crippen LogP) is 2.86. The number of halogens is 1. The van der Waals surface area contributed by atoms with E-state index in [4.69, 9.17) is 0 Å². The number of benzene rings is 1. The van der Waals surface area contributed by atoms with Crippen molar-refractivity contribution in [2.45, 2.75) is 6.92 Å². The molecule has 1 amide bonds. The average molecular weight is 298 g/mol. The molecule has 0 unspecified atom stereocenters. The van der Waals surface area contributed by atoms with Gasteiger partial charge in [0.1, 0.15) is 4.88 Å². The fraction of sp³-hybridized carbons (Fsp3) is 0.100. The lowest BCUT2D eigenvalue weighted by Gasteiger charge is -2.03. The molecule has 0 spiro atoms. The number of carbonyl (C=O) groups is 1. The van der Waals surface area contributed by atoms with Gasteiger partial charge < -0.3 is 5.32 Å². The summed E-state index contributed by atoms with van der Waals surface area (Å²) in [5.74, 6) is -0.175. The normalized spacial score (nSPS) is 10.1. The number of aryl methyl sites for hydroxylation is 1. The highest BCUT2D eigenvalue weighted by atomic mass is 79.9. The zero-order valence-corrected chi connectivity index (χ0v) is 10.8. The lowest BCUT2D eigenvalue weighted by Crippen LogP contribution is -2.11. The van der Waals surface area contributed by atoms with E-state index in [9.17, 15) is 4.79 Å². The van der Waals surface area contributed by atoms with Gasteiger partial charge in [0.15, 0.2) is 0 Å². The van der Waals surface area contributed by atoms with Gasteiger partial charge in [-0.05, 0) is 36.7 Å². The Morgan fingerprint density at radius 1 is 1.50 bits per heavy atom. The molecule has 2 rings (SSSR count). The van der Waals surface area contributed by atoms with Crippen molar-refractivity contribution in [3.8, 4) is 0 Å². The molecule has 1 aromatic heterocycles. The number of carbonyl (C=O) groups excluding carboxylic acids is 1. The molecule has 0 aliphatic carbocycles. The second-order valence-corrected chi connectivity index (χ2v) is 4.82. The number of nitrogens with one attached hydrogen (secondary N) is 1. The van der Waals surface area contributed by atoms with E-state index in [0.29, 0.717) is 10.6 Å². The van der Waals surface area contributed by atoms with Crippen LogP contribution in [0.4, 0.5) is 5.69 Å². The van der Waals surface area contributed by atoms with Gasteiger partial charge in [0.25, 0.3) is 5.91 Å². The molecule has 6 heteroatoms. The molecule has 2 aromatic rings. The second-order valence-electron chi connectivity index (χ2n) is 3.15. The molecule has 1 aromatic carbocycles. The Labute approximate surface area is 105 Å². The number of amides is 1. The number of anilines is 1. The SMILES string of the molecule is Cc1nnsc1C(=O)Nc1cccc(Br)c1. The summed E-state index contributed by atoms with van der Waals surface area (Å²) in [7, 11) is 0. The van der Waals surface area contributed by atoms with Gasteiger partial charge in [0.2, 0.25) is 0 Å². The van der Waals surface area contributed by atoms with Crippen LogP contribution in [0.15, 0.2) is 28.7 Å². The Hall–Kier alpha value is -1.27. The van der Waals surface area contributed by atoms with Crippen LogP contribution in [-0.2, 0) is 0 Å². The molecule has 82 valence electrons. The van der Waals surface area contributed by atoms with E-state index in [1.54, 1.807) is 6.92 Å². The molecule has 1 heterocycles. The molecule has 0 fully saturated rings. The quantitative estimate of drug-likeness (QED) is 0.927. The summed E-state index contributed by atoms with van der Waals surface area (Å²) < 4.78 is 4.64. The average Bonchev–Trinajstić information content (AvgIpc) is 2.64. The first-order valence-electron chi connectivity index (χ1n) is 4.52. The molecule has 0 bridgehead atoms. The lowest BCUT2D eigenvalue weighted by molar-refractivity contribution is 0.103. The minimum Gasteiger partial charge on any atom is -0.321 e. The van der Waals surface area contributed by atoms with Gasteiger partial charge in [-0.25, -0.2) is 0 Å². The number of hydrogen-bond acceptors (Lipinski definition) is 4. The van der Waals surface area contributed by atoms with E-state index in [2.05, 4.69) is 30.8 Å². The largest absolute Gasteiger partial charge is 0.321 e. The molecular formula is C10H8BrN3OS. The minimum absolute atomic E-state index is 0.175. The van der Waals surface area contributed by atoms with Gasteiger partial charge in [0.05, 0.1) is 5.69 Å². The first-order chi connectivity index (χ1) is 7.66. The van der Waals surface area contributed by atoms with Crippen molar-refractivity contribution >= 4 is 39.1 Å². The van der Waals surface area contributed by atoms with Gasteiger partial charge in [-0.3, -0.25) is 4.79 Å². The summed E-state index contributed by atoms with van der Waals surface area (Å²) in [4.78, 5) is 12.4. The van der Waals surface area contributed by atoms with Gasteiger partial charge >= 0.3 is 0 Å². The van der Waals surface area contributed by atoms with Crippen LogP contribution in [0.1, 0.15) is 15.4 Å². The third kappa shape index (κ3) is 2.45. The number of rotatable bonds is 2. The minimum atomic E-state index is -0.175. The van der Waals surface area contributed by atoms with Gasteiger partial charge in [-0.15, -0.1) is 5.10 Å². The molecule has 0 saturated carbocycles. The van der Waals surface area contributed by atoms with E-state index in [-0.39, 0.29) is 5.91 Å². The fourth-order valence-corrected chi connectivity index (χ4v) is 2.14. The summed E-state index contributed by atoms with van der Waals surface area (Å²) in [6.07, 6.45) is 0. The summed E-state index contributed by atoms with van der Waals surface area (Å²) in [6.45, 7) is 1.76. The number of hydrogen-bond donors (Lipinski definition) is 1. The molecule has 16 heavy (non-hydrogen) atoms. The topological polar surface area (TPSA) is 54.9 Å². The van der Waals surface area contributed by atoms with Crippen LogP contribution in [-0.4, -0.2) is 15.5 Å². The molecule has 0 atom stereocenters. The van der Waals surface area contributed by atoms with Crippen molar-refractivity contribution in [1.29, 1.82) is 0 Å². The third-order valence-electron chi connectivity index (χ3n) is 1.94. The van der Waals surface area contributed by atoms with E-state index in [1.807, 2.05) is 24.3 Å². The first-order valence-corrected chi connectivity index (χ1v) is 6.09. The van der Waals surface area contributed by atoms with Crippen molar-refractivity contribution < 1.29 is 4.79 Å². The van der Waals surface area contributed by atoms with Crippen LogP contribution in [0.5, 0.6) is 0 Å². The highest BCUT2D eigenvalue weighted by Gasteiger charge is 2.12. The summed E-state index contributed by atoms with van der Waals surface area (Å²) in [6, 6.07) is 7.42. The van der Waals surface area contributed by atoms with Crippen LogP contribution in [0.2, 0.25) is 0 Å². The molecule has 0 aliphatic heterocycles. The van der Waals surface area contributed by atoms with E-state index >= 15 is 0 Å². The highest BCUT2D eigenvalue weighted by molar-refractivity contribution is 9.10. The summed E-state index contributed by atoms with van der Waals surface area (Å²) >= 11 is 4.44.